The van der Waals surface area contributed by atoms with Crippen LogP contribution in [0.5, 0.6) is 0 Å². The normalized spacial score (nSPS) is 20.0. The third-order valence-corrected chi connectivity index (χ3v) is 3.89. The van der Waals surface area contributed by atoms with Crippen LogP contribution in [0.4, 0.5) is 0 Å². The Morgan fingerprint density at radius 1 is 1.61 bits per heavy atom. The molecule has 0 radical (unpaired) electrons. The van der Waals surface area contributed by atoms with E-state index in [1.807, 2.05) is 0 Å². The summed E-state index contributed by atoms with van der Waals surface area (Å²) in [6.45, 7) is 0.546. The molecule has 1 aliphatic rings. The highest BCUT2D eigenvalue weighted by Crippen LogP contribution is 2.16. The van der Waals surface area contributed by atoms with E-state index < -0.39 is 0 Å². The number of carbonyl (C=O) groups excluding carboxylic acids is 2. The van der Waals surface area contributed by atoms with Gasteiger partial charge in [0, 0.05) is 30.3 Å². The predicted molar refractivity (Wildman–Crippen MR) is 66.7 cm³/mol. The molecule has 1 atom stereocenters. The number of amides is 2. The van der Waals surface area contributed by atoms with Crippen molar-refractivity contribution < 1.29 is 9.59 Å². The van der Waals surface area contributed by atoms with Crippen molar-refractivity contribution in [1.29, 1.82) is 5.26 Å². The van der Waals surface area contributed by atoms with E-state index in [1.165, 1.54) is 23.3 Å². The highest BCUT2D eigenvalue weighted by atomic mass is 32.1. The Morgan fingerprint density at radius 2 is 2.39 bits per heavy atom. The molecule has 5 nitrogen and oxygen atoms in total. The van der Waals surface area contributed by atoms with Crippen molar-refractivity contribution in [2.75, 3.05) is 7.05 Å². The van der Waals surface area contributed by atoms with Gasteiger partial charge in [0.15, 0.2) is 0 Å². The van der Waals surface area contributed by atoms with Crippen molar-refractivity contribution in [3.8, 4) is 6.07 Å². The van der Waals surface area contributed by atoms with E-state index in [-0.39, 0.29) is 17.9 Å². The second-order valence-corrected chi connectivity index (χ2v) is 5.17. The lowest BCUT2D eigenvalue weighted by Crippen LogP contribution is -2.51. The Morgan fingerprint density at radius 3 is 3.06 bits per heavy atom. The average Bonchev–Trinajstić information content (AvgIpc) is 2.83. The number of piperidine rings is 1. The molecule has 1 saturated heterocycles. The van der Waals surface area contributed by atoms with Gasteiger partial charge in [0.05, 0.1) is 11.6 Å². The molecule has 1 aliphatic heterocycles. The summed E-state index contributed by atoms with van der Waals surface area (Å²) >= 11 is 1.49. The van der Waals surface area contributed by atoms with E-state index in [1.54, 1.807) is 11.4 Å². The molecule has 1 fully saturated rings. The van der Waals surface area contributed by atoms with E-state index in [0.717, 1.165) is 4.88 Å². The first-order valence-corrected chi connectivity index (χ1v) is 6.51. The van der Waals surface area contributed by atoms with Crippen LogP contribution >= 0.6 is 11.3 Å². The molecular weight excluding hydrogens is 250 g/mol. The van der Waals surface area contributed by atoms with Gasteiger partial charge in [0.25, 0.3) is 0 Å². The first kappa shape index (κ1) is 12.7. The number of nitriles is 1. The molecule has 1 N–H and O–H groups in total. The van der Waals surface area contributed by atoms with Crippen LogP contribution in [0.2, 0.25) is 0 Å². The highest BCUT2D eigenvalue weighted by molar-refractivity contribution is 7.10. The van der Waals surface area contributed by atoms with Gasteiger partial charge in [-0.15, -0.1) is 11.3 Å². The molecule has 2 rings (SSSR count). The van der Waals surface area contributed by atoms with Crippen LogP contribution < -0.4 is 5.32 Å². The van der Waals surface area contributed by atoms with E-state index in [4.69, 9.17) is 5.26 Å². The van der Waals surface area contributed by atoms with Crippen molar-refractivity contribution in [3.63, 3.8) is 0 Å². The van der Waals surface area contributed by atoms with Gasteiger partial charge < -0.3 is 5.32 Å². The largest absolute Gasteiger partial charge is 0.301 e. The molecule has 0 saturated carbocycles. The summed E-state index contributed by atoms with van der Waals surface area (Å²) in [7, 11) is 1.51. The van der Waals surface area contributed by atoms with Crippen LogP contribution in [-0.2, 0) is 16.1 Å². The van der Waals surface area contributed by atoms with E-state index in [0.29, 0.717) is 24.9 Å². The van der Waals surface area contributed by atoms with Gasteiger partial charge in [-0.2, -0.15) is 5.26 Å². The molecule has 6 heteroatoms. The fourth-order valence-corrected chi connectivity index (χ4v) is 2.62. The quantitative estimate of drug-likeness (QED) is 0.821. The maximum Gasteiger partial charge on any atom is 0.246 e. The summed E-state index contributed by atoms with van der Waals surface area (Å²) in [4.78, 5) is 25.3. The minimum atomic E-state index is -0.305. The number of nitrogens with one attached hydrogen (secondary N) is 1. The van der Waals surface area contributed by atoms with Crippen LogP contribution in [-0.4, -0.2) is 29.8 Å². The van der Waals surface area contributed by atoms with E-state index in [9.17, 15) is 9.59 Å². The molecule has 0 aromatic carbocycles. The number of carbonyl (C=O) groups is 2. The standard InChI is InChI=1S/C12H13N3O2S/c1-15-11(16)3-2-10(12(15)17)14-6-9-4-8(5-13)7-18-9/h4,7,10,14H,2-3,6H2,1H3. The minimum Gasteiger partial charge on any atom is -0.301 e. The Labute approximate surface area is 109 Å². The summed E-state index contributed by atoms with van der Waals surface area (Å²) in [6.07, 6.45) is 0.937. The molecule has 1 unspecified atom stereocenters. The van der Waals surface area contributed by atoms with Crippen molar-refractivity contribution in [3.05, 3.63) is 21.9 Å². The number of imide groups is 1. The second kappa shape index (κ2) is 5.29. The number of hydrogen-bond acceptors (Lipinski definition) is 5. The fourth-order valence-electron chi connectivity index (χ4n) is 1.86. The van der Waals surface area contributed by atoms with Crippen molar-refractivity contribution in [2.45, 2.75) is 25.4 Å². The van der Waals surface area contributed by atoms with Gasteiger partial charge >= 0.3 is 0 Å². The van der Waals surface area contributed by atoms with Gasteiger partial charge in [-0.25, -0.2) is 0 Å². The van der Waals surface area contributed by atoms with Crippen molar-refractivity contribution in [1.82, 2.24) is 10.2 Å². The molecule has 0 bridgehead atoms. The lowest BCUT2D eigenvalue weighted by atomic mass is 10.0. The molecule has 1 aromatic heterocycles. The first-order chi connectivity index (χ1) is 8.61. The van der Waals surface area contributed by atoms with E-state index in [2.05, 4.69) is 11.4 Å². The zero-order chi connectivity index (χ0) is 13.1. The zero-order valence-corrected chi connectivity index (χ0v) is 10.8. The first-order valence-electron chi connectivity index (χ1n) is 5.63. The predicted octanol–water partition coefficient (Wildman–Crippen LogP) is 0.857. The summed E-state index contributed by atoms with van der Waals surface area (Å²) in [5.41, 5.74) is 0.638. The van der Waals surface area contributed by atoms with Gasteiger partial charge in [-0.1, -0.05) is 0 Å². The SMILES string of the molecule is CN1C(=O)CCC(NCc2cc(C#N)cs2)C1=O. The Balaban J connectivity index is 1.92. The molecule has 2 amide bonds. The van der Waals surface area contributed by atoms with Gasteiger partial charge in [0.2, 0.25) is 11.8 Å². The second-order valence-electron chi connectivity index (χ2n) is 4.18. The monoisotopic (exact) mass is 263 g/mol. The summed E-state index contributed by atoms with van der Waals surface area (Å²) in [5, 5.41) is 13.6. The number of likely N-dealkylation sites (tertiary alicyclic amines) is 1. The number of likely N-dealkylation sites (N-methyl/N-ethyl adjacent to an activating group) is 1. The number of hydrogen-bond donors (Lipinski definition) is 1. The molecule has 94 valence electrons. The Kier molecular flexibility index (Phi) is 3.75. The molecule has 1 aromatic rings. The summed E-state index contributed by atoms with van der Waals surface area (Å²) in [6, 6.07) is 3.57. The molecule has 18 heavy (non-hydrogen) atoms. The minimum absolute atomic E-state index is 0.124. The molecule has 0 aliphatic carbocycles. The van der Waals surface area contributed by atoms with E-state index >= 15 is 0 Å². The van der Waals surface area contributed by atoms with Crippen LogP contribution in [0.25, 0.3) is 0 Å². The highest BCUT2D eigenvalue weighted by Gasteiger charge is 2.31. The Bertz CT molecular complexity index is 518. The van der Waals surface area contributed by atoms with Gasteiger partial charge in [-0.3, -0.25) is 14.5 Å². The van der Waals surface area contributed by atoms with Crippen molar-refractivity contribution >= 4 is 23.2 Å². The summed E-state index contributed by atoms with van der Waals surface area (Å²) < 4.78 is 0. The van der Waals surface area contributed by atoms with Crippen LogP contribution in [0, 0.1) is 11.3 Å². The number of nitrogens with zero attached hydrogens (tertiary/aromatic N) is 2. The third-order valence-electron chi connectivity index (χ3n) is 2.96. The number of thiophene rings is 1. The maximum absolute atomic E-state index is 11.8. The third kappa shape index (κ3) is 2.58. The zero-order valence-electron chi connectivity index (χ0n) is 9.97. The van der Waals surface area contributed by atoms with Gasteiger partial charge in [0.1, 0.15) is 6.07 Å². The smallest absolute Gasteiger partial charge is 0.246 e. The van der Waals surface area contributed by atoms with Crippen LogP contribution in [0.3, 0.4) is 0 Å². The lowest BCUT2D eigenvalue weighted by Gasteiger charge is -2.28. The summed E-state index contributed by atoms with van der Waals surface area (Å²) in [5.74, 6) is -0.302. The topological polar surface area (TPSA) is 73.2 Å². The van der Waals surface area contributed by atoms with Gasteiger partial charge in [-0.05, 0) is 12.5 Å². The lowest BCUT2D eigenvalue weighted by molar-refractivity contribution is -0.148. The molecule has 2 heterocycles. The Hall–Kier alpha value is -1.71. The van der Waals surface area contributed by atoms with Crippen LogP contribution in [0.1, 0.15) is 23.3 Å². The fraction of sp³-hybridized carbons (Fsp3) is 0.417. The maximum atomic E-state index is 11.8. The van der Waals surface area contributed by atoms with Crippen molar-refractivity contribution in [2.24, 2.45) is 0 Å². The van der Waals surface area contributed by atoms with Crippen LogP contribution in [0.15, 0.2) is 11.4 Å². The average molecular weight is 263 g/mol. The molecule has 0 spiro atoms. The number of rotatable bonds is 3. The molecular formula is C12H13N3O2S.